The second kappa shape index (κ2) is 4.14. The van der Waals surface area contributed by atoms with E-state index in [-0.39, 0.29) is 0 Å². The first-order valence-electron chi connectivity index (χ1n) is 5.86. The molecule has 0 saturated carbocycles. The number of H-pyrrole nitrogens is 1. The van der Waals surface area contributed by atoms with Crippen LogP contribution in [0.3, 0.4) is 0 Å². The topological polar surface area (TPSA) is 28.7 Å². The molecule has 18 heavy (non-hydrogen) atoms. The quantitative estimate of drug-likeness (QED) is 0.682. The molecular formula is C15H13ClN2. The molecule has 1 aromatic carbocycles. The van der Waals surface area contributed by atoms with E-state index in [1.54, 1.807) is 0 Å². The smallest absolute Gasteiger partial charge is 0.0942 e. The third-order valence-electron chi connectivity index (χ3n) is 3.35. The molecule has 0 unspecified atom stereocenters. The number of pyridine rings is 1. The van der Waals surface area contributed by atoms with Gasteiger partial charge < -0.3 is 4.98 Å². The van der Waals surface area contributed by atoms with Crippen molar-refractivity contribution in [2.45, 2.75) is 13.8 Å². The Morgan fingerprint density at radius 2 is 1.78 bits per heavy atom. The molecular weight excluding hydrogens is 244 g/mol. The molecule has 3 rings (SSSR count). The number of fused-ring (bicyclic) bond motifs is 1. The zero-order valence-corrected chi connectivity index (χ0v) is 11.0. The highest BCUT2D eigenvalue weighted by Gasteiger charge is 2.10. The molecule has 0 fully saturated rings. The van der Waals surface area contributed by atoms with E-state index >= 15 is 0 Å². The van der Waals surface area contributed by atoms with Crippen LogP contribution in [0.2, 0.25) is 5.02 Å². The minimum Gasteiger partial charge on any atom is -0.357 e. The summed E-state index contributed by atoms with van der Waals surface area (Å²) in [5, 5.41) is 1.97. The Hall–Kier alpha value is -1.80. The molecule has 2 heterocycles. The van der Waals surface area contributed by atoms with Crippen molar-refractivity contribution in [3.05, 3.63) is 52.8 Å². The predicted octanol–water partition coefficient (Wildman–Crippen LogP) is 4.50. The molecule has 0 aliphatic heterocycles. The molecule has 1 N–H and O–H groups in total. The first-order valence-corrected chi connectivity index (χ1v) is 6.24. The molecule has 90 valence electrons. The summed E-state index contributed by atoms with van der Waals surface area (Å²) in [6, 6.07) is 9.82. The molecule has 0 bridgehead atoms. The number of nitrogens with zero attached hydrogens (tertiary/aromatic N) is 1. The zero-order valence-electron chi connectivity index (χ0n) is 10.3. The number of hydrogen-bond acceptors (Lipinski definition) is 1. The molecule has 0 radical (unpaired) electrons. The van der Waals surface area contributed by atoms with Crippen LogP contribution in [-0.2, 0) is 0 Å². The Bertz CT molecular complexity index is 711. The fraction of sp³-hybridized carbons (Fsp3) is 0.133. The summed E-state index contributed by atoms with van der Waals surface area (Å²) in [7, 11) is 0. The molecule has 3 heteroatoms. The molecule has 3 aromatic rings. The van der Waals surface area contributed by atoms with Gasteiger partial charge in [-0.1, -0.05) is 23.7 Å². The summed E-state index contributed by atoms with van der Waals surface area (Å²) >= 11 is 5.92. The number of aryl methyl sites for hydroxylation is 2. The Balaban J connectivity index is 2.29. The lowest BCUT2D eigenvalue weighted by Gasteiger charge is -2.02. The monoisotopic (exact) mass is 256 g/mol. The number of aromatic nitrogens is 2. The fourth-order valence-electron chi connectivity index (χ4n) is 2.21. The minimum absolute atomic E-state index is 0.741. The van der Waals surface area contributed by atoms with Crippen LogP contribution in [-0.4, -0.2) is 9.97 Å². The molecule has 0 atom stereocenters. The van der Waals surface area contributed by atoms with Gasteiger partial charge in [0.15, 0.2) is 0 Å². The third kappa shape index (κ3) is 1.70. The van der Waals surface area contributed by atoms with Gasteiger partial charge in [-0.15, -0.1) is 0 Å². The molecule has 2 nitrogen and oxygen atoms in total. The van der Waals surface area contributed by atoms with E-state index in [1.165, 1.54) is 16.6 Å². The van der Waals surface area contributed by atoms with E-state index in [2.05, 4.69) is 23.8 Å². The van der Waals surface area contributed by atoms with Gasteiger partial charge in [0.2, 0.25) is 0 Å². The van der Waals surface area contributed by atoms with Gasteiger partial charge in [-0.05, 0) is 37.6 Å². The third-order valence-corrected chi connectivity index (χ3v) is 3.60. The fourth-order valence-corrected chi connectivity index (χ4v) is 2.34. The van der Waals surface area contributed by atoms with Crippen molar-refractivity contribution in [3.63, 3.8) is 0 Å². The lowest BCUT2D eigenvalue weighted by molar-refractivity contribution is 1.25. The van der Waals surface area contributed by atoms with Crippen molar-refractivity contribution >= 4 is 22.5 Å². The van der Waals surface area contributed by atoms with Crippen molar-refractivity contribution < 1.29 is 0 Å². The Morgan fingerprint density at radius 3 is 2.50 bits per heavy atom. The van der Waals surface area contributed by atoms with Crippen LogP contribution >= 0.6 is 11.6 Å². The average Bonchev–Trinajstić information content (AvgIpc) is 2.67. The maximum absolute atomic E-state index is 5.92. The molecule has 2 aromatic heterocycles. The van der Waals surface area contributed by atoms with E-state index in [9.17, 15) is 0 Å². The summed E-state index contributed by atoms with van der Waals surface area (Å²) in [4.78, 5) is 7.90. The van der Waals surface area contributed by atoms with Gasteiger partial charge in [0.25, 0.3) is 0 Å². The van der Waals surface area contributed by atoms with Gasteiger partial charge >= 0.3 is 0 Å². The lowest BCUT2D eigenvalue weighted by atomic mass is 10.1. The molecule has 0 spiro atoms. The SMILES string of the molecule is Cc1[nH]c2c(-c3ccc(Cl)cc3)nccc2c1C. The second-order valence-electron chi connectivity index (χ2n) is 4.46. The van der Waals surface area contributed by atoms with E-state index in [1.807, 2.05) is 36.5 Å². The van der Waals surface area contributed by atoms with Crippen LogP contribution in [0, 0.1) is 13.8 Å². The Labute approximate surface area is 111 Å². The lowest BCUT2D eigenvalue weighted by Crippen LogP contribution is -1.85. The Kier molecular flexibility index (Phi) is 2.60. The largest absolute Gasteiger partial charge is 0.357 e. The molecule has 0 saturated heterocycles. The van der Waals surface area contributed by atoms with E-state index in [0.29, 0.717) is 0 Å². The van der Waals surface area contributed by atoms with Crippen molar-refractivity contribution in [3.8, 4) is 11.3 Å². The van der Waals surface area contributed by atoms with Crippen LogP contribution in [0.5, 0.6) is 0 Å². The van der Waals surface area contributed by atoms with Gasteiger partial charge in [-0.2, -0.15) is 0 Å². The van der Waals surface area contributed by atoms with Gasteiger partial charge in [0, 0.05) is 27.9 Å². The number of aromatic amines is 1. The van der Waals surface area contributed by atoms with Crippen molar-refractivity contribution in [1.82, 2.24) is 9.97 Å². The highest BCUT2D eigenvalue weighted by Crippen LogP contribution is 2.29. The van der Waals surface area contributed by atoms with E-state index in [4.69, 9.17) is 11.6 Å². The first-order chi connectivity index (χ1) is 8.66. The summed E-state index contributed by atoms with van der Waals surface area (Å²) in [6.45, 7) is 4.21. The van der Waals surface area contributed by atoms with Crippen LogP contribution in [0.1, 0.15) is 11.3 Å². The van der Waals surface area contributed by atoms with E-state index < -0.39 is 0 Å². The minimum atomic E-state index is 0.741. The molecule has 0 amide bonds. The first kappa shape index (κ1) is 11.3. The summed E-state index contributed by atoms with van der Waals surface area (Å²) < 4.78 is 0. The Morgan fingerprint density at radius 1 is 1.06 bits per heavy atom. The number of halogens is 1. The van der Waals surface area contributed by atoms with Gasteiger partial charge in [0.1, 0.15) is 0 Å². The van der Waals surface area contributed by atoms with Crippen molar-refractivity contribution in [1.29, 1.82) is 0 Å². The highest BCUT2D eigenvalue weighted by atomic mass is 35.5. The van der Waals surface area contributed by atoms with Gasteiger partial charge in [-0.25, -0.2) is 0 Å². The molecule has 0 aliphatic carbocycles. The van der Waals surface area contributed by atoms with Gasteiger partial charge in [0.05, 0.1) is 11.2 Å². The maximum Gasteiger partial charge on any atom is 0.0942 e. The number of hydrogen-bond donors (Lipinski definition) is 1. The number of rotatable bonds is 1. The summed E-state index contributed by atoms with van der Waals surface area (Å²) in [6.07, 6.45) is 1.85. The maximum atomic E-state index is 5.92. The van der Waals surface area contributed by atoms with Crippen LogP contribution in [0.15, 0.2) is 36.5 Å². The number of nitrogens with one attached hydrogen (secondary N) is 1. The summed E-state index contributed by atoms with van der Waals surface area (Å²) in [5.74, 6) is 0. The van der Waals surface area contributed by atoms with Crippen LogP contribution in [0.25, 0.3) is 22.2 Å². The van der Waals surface area contributed by atoms with E-state index in [0.717, 1.165) is 21.8 Å². The standard InChI is InChI=1S/C15H13ClN2/c1-9-10(2)18-15-13(9)7-8-17-14(15)11-3-5-12(16)6-4-11/h3-8,18H,1-2H3. The predicted molar refractivity (Wildman–Crippen MR) is 76.0 cm³/mol. The van der Waals surface area contributed by atoms with Gasteiger partial charge in [-0.3, -0.25) is 4.98 Å². The molecule has 0 aliphatic rings. The summed E-state index contributed by atoms with van der Waals surface area (Å²) in [5.41, 5.74) is 5.61. The van der Waals surface area contributed by atoms with Crippen molar-refractivity contribution in [2.75, 3.05) is 0 Å². The number of benzene rings is 1. The highest BCUT2D eigenvalue weighted by molar-refractivity contribution is 6.30. The second-order valence-corrected chi connectivity index (χ2v) is 4.90. The zero-order chi connectivity index (χ0) is 12.7. The van der Waals surface area contributed by atoms with Crippen LogP contribution in [0.4, 0.5) is 0 Å². The van der Waals surface area contributed by atoms with Crippen molar-refractivity contribution in [2.24, 2.45) is 0 Å². The average molecular weight is 257 g/mol. The normalized spacial score (nSPS) is 11.1. The van der Waals surface area contributed by atoms with Crippen LogP contribution < -0.4 is 0 Å².